The second kappa shape index (κ2) is 15.4. The molecule has 0 aliphatic heterocycles. The number of rotatable bonds is 15. The molecule has 1 fully saturated rings. The molecule has 27 heavy (non-hydrogen) atoms. The third kappa shape index (κ3) is 9.97. The molecule has 6 atom stereocenters. The average Bonchev–Trinajstić information content (AvgIpc) is 2.92. The summed E-state index contributed by atoms with van der Waals surface area (Å²) in [5, 5.41) is 20.5. The van der Waals surface area contributed by atoms with Crippen LogP contribution in [0.2, 0.25) is 0 Å². The maximum absolute atomic E-state index is 14.1. The van der Waals surface area contributed by atoms with Crippen molar-refractivity contribution in [2.45, 2.75) is 115 Å². The Labute approximate surface area is 203 Å². The zero-order valence-corrected chi connectivity index (χ0v) is 22.8. The van der Waals surface area contributed by atoms with E-state index in [1.165, 1.54) is 19.3 Å². The van der Waals surface area contributed by atoms with E-state index >= 15 is 0 Å². The summed E-state index contributed by atoms with van der Waals surface area (Å²) < 4.78 is 41.0. The van der Waals surface area contributed by atoms with Crippen molar-refractivity contribution >= 4 is 9.41 Å². The summed E-state index contributed by atoms with van der Waals surface area (Å²) in [5.41, 5.74) is 0. The summed E-state index contributed by atoms with van der Waals surface area (Å²) in [6, 6.07) is 0. The van der Waals surface area contributed by atoms with Crippen LogP contribution < -0.4 is 0 Å². The normalized spacial score (nSPS) is 27.7. The van der Waals surface area contributed by atoms with Gasteiger partial charge in [-0.05, 0) is 37.5 Å². The smallest absolute Gasteiger partial charge is 0.273 e. The van der Waals surface area contributed by atoms with Gasteiger partial charge in [0.2, 0.25) is 0 Å². The molecule has 1 saturated carbocycles. The summed E-state index contributed by atoms with van der Waals surface area (Å²) in [7, 11) is -0.425. The monoisotopic (exact) mass is 625 g/mol. The van der Waals surface area contributed by atoms with Crippen molar-refractivity contribution in [2.75, 3.05) is 0 Å². The van der Waals surface area contributed by atoms with Crippen molar-refractivity contribution in [3.63, 3.8) is 0 Å². The Morgan fingerprint density at radius 3 is 2.41 bits per heavy atom. The van der Waals surface area contributed by atoms with E-state index in [4.69, 9.17) is 5.80 Å². The van der Waals surface area contributed by atoms with Gasteiger partial charge in [-0.15, -0.1) is 0 Å². The van der Waals surface area contributed by atoms with Crippen LogP contribution in [0.25, 0.3) is 0 Å². The van der Waals surface area contributed by atoms with Gasteiger partial charge in [-0.2, -0.15) is 0 Å². The van der Waals surface area contributed by atoms with Crippen LogP contribution in [-0.4, -0.2) is 35.7 Å². The van der Waals surface area contributed by atoms with Crippen LogP contribution in [0, 0.1) is 55.9 Å². The Morgan fingerprint density at radius 2 is 1.78 bits per heavy atom. The number of aliphatic hydroxyl groups excluding tert-OH is 2. The average molecular weight is 626 g/mol. The maximum atomic E-state index is 14.1. The van der Waals surface area contributed by atoms with Crippen LogP contribution >= 0.6 is 9.41 Å². The van der Waals surface area contributed by atoms with Crippen LogP contribution in [0.4, 0.5) is 8.78 Å². The SMILES string of the molecule is [3H]PO[C@@H]1C[C@H](O)[C@H](CCCCCCC)[C@H]1CCC(O)C(F)(F)CCCC.[Ac]. The fourth-order valence-corrected chi connectivity index (χ4v) is 4.49. The molecule has 7 heteroatoms. The summed E-state index contributed by atoms with van der Waals surface area (Å²) in [5.74, 6) is -3.10. The van der Waals surface area contributed by atoms with Crippen molar-refractivity contribution in [3.05, 3.63) is 0 Å². The number of halogens is 2. The third-order valence-electron chi connectivity index (χ3n) is 5.91. The van der Waals surface area contributed by atoms with Gasteiger partial charge in [-0.25, -0.2) is 8.78 Å². The van der Waals surface area contributed by atoms with Crippen LogP contribution in [0.1, 0.15) is 90.9 Å². The molecule has 0 aromatic heterocycles. The summed E-state index contributed by atoms with van der Waals surface area (Å²) in [4.78, 5) is 0. The summed E-state index contributed by atoms with van der Waals surface area (Å²) in [6.07, 6.45) is 5.85. The van der Waals surface area contributed by atoms with E-state index < -0.39 is 27.5 Å². The molecule has 159 valence electrons. The van der Waals surface area contributed by atoms with Gasteiger partial charge in [0, 0.05) is 66.3 Å². The molecule has 0 saturated heterocycles. The van der Waals surface area contributed by atoms with Crippen LogP contribution in [0.15, 0.2) is 0 Å². The first-order chi connectivity index (χ1) is 12.9. The van der Waals surface area contributed by atoms with Crippen molar-refractivity contribution in [1.29, 1.82) is 1.28 Å². The zero-order chi connectivity index (χ0) is 20.3. The molecule has 0 heterocycles. The molecular weight excluding hydrogens is 584 g/mol. The molecule has 1 rings (SSSR count). The molecule has 0 spiro atoms. The molecule has 0 amide bonds. The van der Waals surface area contributed by atoms with Gasteiger partial charge in [-0.1, -0.05) is 52.4 Å². The first-order valence-electron chi connectivity index (χ1n) is 10.9. The Hall–Kier alpha value is 1.61. The largest absolute Gasteiger partial charge is 0.393 e. The molecule has 2 N–H and O–H groups in total. The first kappa shape index (κ1) is 26.6. The molecule has 0 aromatic rings. The van der Waals surface area contributed by atoms with E-state index in [1.807, 2.05) is 6.92 Å². The summed E-state index contributed by atoms with van der Waals surface area (Å²) >= 11 is 0. The topological polar surface area (TPSA) is 49.7 Å². The van der Waals surface area contributed by atoms with E-state index in [-0.39, 0.29) is 74.8 Å². The van der Waals surface area contributed by atoms with Gasteiger partial charge >= 0.3 is 0 Å². The van der Waals surface area contributed by atoms with Crippen LogP contribution in [-0.2, 0) is 4.52 Å². The predicted octanol–water partition coefficient (Wildman–Crippen LogP) is 5.49. The minimum Gasteiger partial charge on any atom is -0.393 e. The Balaban J connectivity index is 0.00000729. The van der Waals surface area contributed by atoms with Gasteiger partial charge in [0.15, 0.2) is 0 Å². The van der Waals surface area contributed by atoms with Crippen molar-refractivity contribution < 1.29 is 67.6 Å². The minimum absolute atomic E-state index is 0. The molecule has 1 aliphatic carbocycles. The van der Waals surface area contributed by atoms with Gasteiger partial charge < -0.3 is 14.7 Å². The van der Waals surface area contributed by atoms with Crippen molar-refractivity contribution in [2.24, 2.45) is 11.8 Å². The van der Waals surface area contributed by atoms with Crippen molar-refractivity contribution in [3.8, 4) is 0 Å². The molecule has 1 aliphatic rings. The Morgan fingerprint density at radius 1 is 1.11 bits per heavy atom. The molecule has 2 unspecified atom stereocenters. The van der Waals surface area contributed by atoms with Gasteiger partial charge in [0.25, 0.3) is 5.92 Å². The third-order valence-corrected chi connectivity index (χ3v) is 6.22. The first-order valence-corrected chi connectivity index (χ1v) is 10.8. The zero-order valence-electron chi connectivity index (χ0n) is 18.0. The van der Waals surface area contributed by atoms with Gasteiger partial charge in [0.05, 0.1) is 13.5 Å². The molecule has 0 bridgehead atoms. The van der Waals surface area contributed by atoms with Gasteiger partial charge in [-0.3, -0.25) is 0 Å². The summed E-state index contributed by atoms with van der Waals surface area (Å²) in [6.45, 7) is 4.03. The number of alkyl halides is 2. The second-order valence-corrected chi connectivity index (χ2v) is 8.18. The second-order valence-electron chi connectivity index (χ2n) is 7.95. The molecule has 0 aromatic carbocycles. The van der Waals surface area contributed by atoms with Crippen LogP contribution in [0.5, 0.6) is 0 Å². The quantitative estimate of drug-likeness (QED) is 0.187. The Bertz CT molecular complexity index is 396. The van der Waals surface area contributed by atoms with Gasteiger partial charge in [0.1, 0.15) is 6.10 Å². The van der Waals surface area contributed by atoms with Crippen molar-refractivity contribution in [1.82, 2.24) is 0 Å². The Kier molecular flexibility index (Phi) is 15.2. The van der Waals surface area contributed by atoms with E-state index in [9.17, 15) is 19.0 Å². The van der Waals surface area contributed by atoms with E-state index in [1.54, 1.807) is 0 Å². The fourth-order valence-electron chi connectivity index (χ4n) is 4.21. The fraction of sp³-hybridized carbons (Fsp3) is 1.00. The number of aliphatic hydroxyl groups is 2. The maximum Gasteiger partial charge on any atom is 0.273 e. The van der Waals surface area contributed by atoms with E-state index in [0.717, 1.165) is 19.3 Å². The number of hydrogen-bond donors (Lipinski definition) is 2. The van der Waals surface area contributed by atoms with Crippen LogP contribution in [0.3, 0.4) is 0 Å². The minimum atomic E-state index is -3.06. The molecule has 3 nitrogen and oxygen atoms in total. The van der Waals surface area contributed by atoms with E-state index in [2.05, 4.69) is 6.92 Å². The number of hydrogen-bond acceptors (Lipinski definition) is 3. The molecule has 1 radical (unpaired) electrons. The van der Waals surface area contributed by atoms with E-state index in [0.29, 0.717) is 25.7 Å². The number of unbranched alkanes of at least 4 members (excludes halogenated alkanes) is 5. The predicted molar refractivity (Wildman–Crippen MR) is 105 cm³/mol. The molecular formula is C20H39AcF2O3P. The standard InChI is InChI=1S/C20H39F2O3P.Ac/c1-3-5-7-8-9-10-15-16(18(25-26)14-17(15)23)11-12-19(24)20(21,22)13-6-4-2;/h15-19,23-24H,3-14,26H2,1-2H3;/t15-,16-,17+,18-,19?;/m1./s1/i26T;/t15-,16-,17+,18-,19?,26?;.